The van der Waals surface area contributed by atoms with Gasteiger partial charge < -0.3 is 15.4 Å². The van der Waals surface area contributed by atoms with E-state index in [0.29, 0.717) is 22.1 Å². The molecule has 0 aliphatic carbocycles. The normalized spacial score (nSPS) is 16.1. The number of rotatable bonds is 3. The second-order valence-corrected chi connectivity index (χ2v) is 5.75. The van der Waals surface area contributed by atoms with Crippen molar-refractivity contribution in [3.8, 4) is 5.75 Å². The maximum Gasteiger partial charge on any atom is 0.334 e. The number of amides is 1. The number of fused-ring (bicyclic) bond motifs is 1. The Kier molecular flexibility index (Phi) is 4.41. The van der Waals surface area contributed by atoms with Crippen LogP contribution in [0, 0.1) is 0 Å². The van der Waals surface area contributed by atoms with Crippen molar-refractivity contribution in [2.24, 2.45) is 0 Å². The molecule has 0 aromatic heterocycles. The predicted molar refractivity (Wildman–Crippen MR) is 89.2 cm³/mol. The number of carbonyl (C=O) groups is 2. The number of anilines is 2. The fraction of sp³-hybridized carbons (Fsp3) is 0.125. The first-order valence-electron chi connectivity index (χ1n) is 6.85. The van der Waals surface area contributed by atoms with Crippen molar-refractivity contribution in [2.45, 2.75) is 12.5 Å². The summed E-state index contributed by atoms with van der Waals surface area (Å²) in [5, 5.41) is 6.23. The van der Waals surface area contributed by atoms with E-state index in [1.807, 2.05) is 6.07 Å². The zero-order valence-electron chi connectivity index (χ0n) is 11.8. The largest absolute Gasteiger partial charge is 0.423 e. The van der Waals surface area contributed by atoms with E-state index in [4.69, 9.17) is 27.9 Å². The molecule has 0 radical (unpaired) electrons. The van der Waals surface area contributed by atoms with E-state index < -0.39 is 12.0 Å². The Balaban J connectivity index is 1.69. The smallest absolute Gasteiger partial charge is 0.334 e. The first-order chi connectivity index (χ1) is 11.0. The maximum atomic E-state index is 12.1. The van der Waals surface area contributed by atoms with Crippen LogP contribution in [0.4, 0.5) is 11.4 Å². The van der Waals surface area contributed by atoms with E-state index >= 15 is 0 Å². The van der Waals surface area contributed by atoms with Crippen LogP contribution in [0.1, 0.15) is 6.42 Å². The molecule has 0 spiro atoms. The molecule has 1 aliphatic heterocycles. The average molecular weight is 351 g/mol. The van der Waals surface area contributed by atoms with E-state index in [-0.39, 0.29) is 17.4 Å². The molecule has 0 fully saturated rings. The van der Waals surface area contributed by atoms with Crippen LogP contribution in [0.2, 0.25) is 10.0 Å². The van der Waals surface area contributed by atoms with Crippen LogP contribution in [0.3, 0.4) is 0 Å². The molecule has 0 saturated carbocycles. The van der Waals surface area contributed by atoms with Crippen molar-refractivity contribution in [2.75, 3.05) is 10.6 Å². The van der Waals surface area contributed by atoms with Gasteiger partial charge in [0.25, 0.3) is 0 Å². The Bertz CT molecular complexity index is 780. The molecule has 3 rings (SSSR count). The van der Waals surface area contributed by atoms with Gasteiger partial charge in [-0.25, -0.2) is 4.79 Å². The summed E-state index contributed by atoms with van der Waals surface area (Å²) in [7, 11) is 0. The molecule has 2 aromatic rings. The van der Waals surface area contributed by atoms with Gasteiger partial charge in [-0.05, 0) is 24.3 Å². The van der Waals surface area contributed by atoms with Gasteiger partial charge in [0.15, 0.2) is 5.75 Å². The van der Waals surface area contributed by atoms with Crippen molar-refractivity contribution in [3.05, 3.63) is 52.5 Å². The molecule has 1 heterocycles. The lowest BCUT2D eigenvalue weighted by molar-refractivity contribution is -0.137. The Labute approximate surface area is 142 Å². The number of hydrogen-bond acceptors (Lipinski definition) is 4. The van der Waals surface area contributed by atoms with Crippen molar-refractivity contribution in [3.63, 3.8) is 0 Å². The van der Waals surface area contributed by atoms with Gasteiger partial charge in [-0.2, -0.15) is 0 Å². The topological polar surface area (TPSA) is 67.4 Å². The molecule has 1 amide bonds. The molecule has 118 valence electrons. The highest BCUT2D eigenvalue weighted by molar-refractivity contribution is 6.44. The van der Waals surface area contributed by atoms with Gasteiger partial charge in [-0.3, -0.25) is 4.79 Å². The van der Waals surface area contributed by atoms with E-state index in [2.05, 4.69) is 10.6 Å². The minimum absolute atomic E-state index is 0.0873. The van der Waals surface area contributed by atoms with Gasteiger partial charge in [-0.1, -0.05) is 41.4 Å². The van der Waals surface area contributed by atoms with E-state index in [1.165, 1.54) is 0 Å². The van der Waals surface area contributed by atoms with Gasteiger partial charge in [0, 0.05) is 0 Å². The number of nitrogens with one attached hydrogen (secondary N) is 2. The highest BCUT2D eigenvalue weighted by Crippen LogP contribution is 2.31. The molecule has 7 heteroatoms. The second kappa shape index (κ2) is 6.48. The maximum absolute atomic E-state index is 12.1. The number of para-hydroxylation sites is 2. The predicted octanol–water partition coefficient (Wildman–Crippen LogP) is 3.72. The number of ether oxygens (including phenoxy) is 1. The van der Waals surface area contributed by atoms with Crippen LogP contribution < -0.4 is 15.4 Å². The summed E-state index contributed by atoms with van der Waals surface area (Å²) in [6.45, 7) is 0. The third-order valence-electron chi connectivity index (χ3n) is 3.33. The summed E-state index contributed by atoms with van der Waals surface area (Å²) in [6, 6.07) is 11.2. The molecule has 23 heavy (non-hydrogen) atoms. The first kappa shape index (κ1) is 15.6. The van der Waals surface area contributed by atoms with Crippen molar-refractivity contribution >= 4 is 46.5 Å². The SMILES string of the molecule is O=C(C[C@@H]1Nc2ccccc2OC1=O)Nc1cccc(Cl)c1Cl. The quantitative estimate of drug-likeness (QED) is 0.653. The Morgan fingerprint density at radius 3 is 2.78 bits per heavy atom. The lowest BCUT2D eigenvalue weighted by Crippen LogP contribution is -2.39. The average Bonchev–Trinajstić information content (AvgIpc) is 2.52. The Morgan fingerprint density at radius 1 is 1.17 bits per heavy atom. The Hall–Kier alpha value is -2.24. The van der Waals surface area contributed by atoms with E-state index in [1.54, 1.807) is 36.4 Å². The van der Waals surface area contributed by atoms with Crippen LogP contribution >= 0.6 is 23.2 Å². The minimum atomic E-state index is -0.761. The van der Waals surface area contributed by atoms with Gasteiger partial charge in [-0.15, -0.1) is 0 Å². The molecule has 0 bridgehead atoms. The molecule has 1 aliphatic rings. The molecule has 1 atom stereocenters. The number of carbonyl (C=O) groups excluding carboxylic acids is 2. The fourth-order valence-corrected chi connectivity index (χ4v) is 2.57. The molecular formula is C16H12Cl2N2O3. The van der Waals surface area contributed by atoms with Gasteiger partial charge in [0.05, 0.1) is 27.8 Å². The van der Waals surface area contributed by atoms with E-state index in [9.17, 15) is 9.59 Å². The fourth-order valence-electron chi connectivity index (χ4n) is 2.22. The van der Waals surface area contributed by atoms with Crippen molar-refractivity contribution in [1.82, 2.24) is 0 Å². The first-order valence-corrected chi connectivity index (χ1v) is 7.61. The summed E-state index contributed by atoms with van der Waals surface area (Å²) < 4.78 is 5.21. The third-order valence-corrected chi connectivity index (χ3v) is 4.15. The Morgan fingerprint density at radius 2 is 1.96 bits per heavy atom. The lowest BCUT2D eigenvalue weighted by atomic mass is 10.1. The lowest BCUT2D eigenvalue weighted by Gasteiger charge is -2.25. The number of halogens is 2. The van der Waals surface area contributed by atoms with Gasteiger partial charge >= 0.3 is 5.97 Å². The van der Waals surface area contributed by atoms with Crippen molar-refractivity contribution in [1.29, 1.82) is 0 Å². The molecule has 2 N–H and O–H groups in total. The van der Waals surface area contributed by atoms with Crippen LogP contribution in [-0.4, -0.2) is 17.9 Å². The van der Waals surface area contributed by atoms with Gasteiger partial charge in [0.1, 0.15) is 6.04 Å². The summed E-state index contributed by atoms with van der Waals surface area (Å²) in [4.78, 5) is 24.1. The standard InChI is InChI=1S/C16H12Cl2N2O3/c17-9-4-3-6-11(15(9)18)20-14(21)8-12-16(22)23-13-7-2-1-5-10(13)19-12/h1-7,12,19H,8H2,(H,20,21)/t12-/m0/s1. The summed E-state index contributed by atoms with van der Waals surface area (Å²) in [5.41, 5.74) is 1.07. The minimum Gasteiger partial charge on any atom is -0.423 e. The monoisotopic (exact) mass is 350 g/mol. The zero-order valence-corrected chi connectivity index (χ0v) is 13.3. The molecule has 2 aromatic carbocycles. The highest BCUT2D eigenvalue weighted by atomic mass is 35.5. The van der Waals surface area contributed by atoms with Crippen molar-refractivity contribution < 1.29 is 14.3 Å². The van der Waals surface area contributed by atoms with Crippen LogP contribution in [-0.2, 0) is 9.59 Å². The highest BCUT2D eigenvalue weighted by Gasteiger charge is 2.29. The molecule has 0 unspecified atom stereocenters. The van der Waals surface area contributed by atoms with Crippen LogP contribution in [0.15, 0.2) is 42.5 Å². The van der Waals surface area contributed by atoms with Crippen LogP contribution in [0.5, 0.6) is 5.75 Å². The number of benzene rings is 2. The van der Waals surface area contributed by atoms with Crippen LogP contribution in [0.25, 0.3) is 0 Å². The summed E-state index contributed by atoms with van der Waals surface area (Å²) in [5.74, 6) is -0.425. The van der Waals surface area contributed by atoms with Gasteiger partial charge in [0.2, 0.25) is 5.91 Å². The summed E-state index contributed by atoms with van der Waals surface area (Å²) >= 11 is 11.9. The zero-order chi connectivity index (χ0) is 16.4. The second-order valence-electron chi connectivity index (χ2n) is 4.97. The third kappa shape index (κ3) is 3.41. The van der Waals surface area contributed by atoms with E-state index in [0.717, 1.165) is 0 Å². The summed E-state index contributed by atoms with van der Waals surface area (Å²) in [6.07, 6.45) is -0.0873. The molecular weight excluding hydrogens is 339 g/mol. The number of esters is 1. The molecule has 5 nitrogen and oxygen atoms in total. The molecule has 0 saturated heterocycles. The number of hydrogen-bond donors (Lipinski definition) is 2.